The first-order valence-electron chi connectivity index (χ1n) is 6.33. The van der Waals surface area contributed by atoms with Crippen molar-refractivity contribution in [2.75, 3.05) is 18.1 Å². The zero-order chi connectivity index (χ0) is 15.0. The summed E-state index contributed by atoms with van der Waals surface area (Å²) in [5.74, 6) is -0.294. The van der Waals surface area contributed by atoms with Crippen molar-refractivity contribution in [1.82, 2.24) is 5.32 Å². The largest absolute Gasteiger partial charge is 0.481 e. The minimum Gasteiger partial charge on any atom is -0.481 e. The minimum atomic E-state index is -0.834. The molecule has 0 aromatic heterocycles. The number of carbonyl (C=O) groups is 2. The number of hydrogen-bond donors (Lipinski definition) is 2. The van der Waals surface area contributed by atoms with Gasteiger partial charge in [-0.3, -0.25) is 9.59 Å². The van der Waals surface area contributed by atoms with Crippen LogP contribution in [0.4, 0.5) is 0 Å². The lowest BCUT2D eigenvalue weighted by molar-refractivity contribution is -0.133. The quantitative estimate of drug-likeness (QED) is 0.570. The molecule has 1 rings (SSSR count). The lowest BCUT2D eigenvalue weighted by Crippen LogP contribution is -2.25. The van der Waals surface area contributed by atoms with Gasteiger partial charge in [-0.1, -0.05) is 13.8 Å². The molecule has 20 heavy (non-hydrogen) atoms. The number of benzene rings is 1. The van der Waals surface area contributed by atoms with E-state index in [1.165, 1.54) is 11.8 Å². The predicted molar refractivity (Wildman–Crippen MR) is 84.7 cm³/mol. The predicted octanol–water partition coefficient (Wildman–Crippen LogP) is 2.73. The lowest BCUT2D eigenvalue weighted by atomic mass is 10.2. The van der Waals surface area contributed by atoms with E-state index in [1.807, 2.05) is 24.3 Å². The fourth-order valence-electron chi connectivity index (χ4n) is 1.46. The van der Waals surface area contributed by atoms with Gasteiger partial charge in [0.15, 0.2) is 0 Å². The molecule has 1 aromatic rings. The molecule has 4 nitrogen and oxygen atoms in total. The van der Waals surface area contributed by atoms with Crippen molar-refractivity contribution in [2.24, 2.45) is 0 Å². The number of hydrogen-bond acceptors (Lipinski definition) is 4. The molecule has 0 bridgehead atoms. The summed E-state index contributed by atoms with van der Waals surface area (Å²) in [6.07, 6.45) is 0. The second-order valence-electron chi connectivity index (χ2n) is 4.39. The van der Waals surface area contributed by atoms with Crippen LogP contribution in [0.2, 0.25) is 0 Å². The molecule has 0 radical (unpaired) electrons. The molecule has 110 valence electrons. The zero-order valence-electron chi connectivity index (χ0n) is 11.6. The average Bonchev–Trinajstić information content (AvgIpc) is 2.38. The van der Waals surface area contributed by atoms with Gasteiger partial charge in [-0.15, -0.1) is 23.5 Å². The Labute approximate surface area is 127 Å². The van der Waals surface area contributed by atoms with E-state index in [1.54, 1.807) is 11.8 Å². The van der Waals surface area contributed by atoms with Crippen LogP contribution in [0.15, 0.2) is 29.2 Å². The van der Waals surface area contributed by atoms with Crippen molar-refractivity contribution < 1.29 is 14.7 Å². The standard InChI is InChI=1S/C14H19NO3S2/c1-10(2)20-12-5-3-11(4-6-12)14(18)15-7-8-19-9-13(16)17/h3-6,10H,7-9H2,1-2H3,(H,15,18)(H,16,17). The monoisotopic (exact) mass is 313 g/mol. The fraction of sp³-hybridized carbons (Fsp3) is 0.429. The number of carbonyl (C=O) groups excluding carboxylic acids is 1. The van der Waals surface area contributed by atoms with Crippen LogP contribution in [0.5, 0.6) is 0 Å². The first-order valence-corrected chi connectivity index (χ1v) is 8.37. The topological polar surface area (TPSA) is 66.4 Å². The van der Waals surface area contributed by atoms with Gasteiger partial charge in [0.05, 0.1) is 5.75 Å². The summed E-state index contributed by atoms with van der Waals surface area (Å²) >= 11 is 3.05. The highest BCUT2D eigenvalue weighted by molar-refractivity contribution is 8.00. The van der Waals surface area contributed by atoms with Crippen molar-refractivity contribution in [3.05, 3.63) is 29.8 Å². The van der Waals surface area contributed by atoms with E-state index in [0.717, 1.165) is 4.90 Å². The second-order valence-corrected chi connectivity index (χ2v) is 7.15. The highest BCUT2D eigenvalue weighted by Gasteiger charge is 2.06. The van der Waals surface area contributed by atoms with Gasteiger partial charge in [0, 0.05) is 28.0 Å². The summed E-state index contributed by atoms with van der Waals surface area (Å²) in [4.78, 5) is 23.3. The molecule has 0 aliphatic rings. The number of nitrogens with one attached hydrogen (secondary N) is 1. The van der Waals surface area contributed by atoms with E-state index >= 15 is 0 Å². The normalized spacial score (nSPS) is 10.6. The van der Waals surface area contributed by atoms with Crippen molar-refractivity contribution >= 4 is 35.4 Å². The molecule has 0 saturated carbocycles. The number of amides is 1. The first-order chi connectivity index (χ1) is 9.49. The van der Waals surface area contributed by atoms with E-state index in [2.05, 4.69) is 19.2 Å². The molecule has 0 fully saturated rings. The van der Waals surface area contributed by atoms with Crippen LogP contribution >= 0.6 is 23.5 Å². The van der Waals surface area contributed by atoms with Crippen LogP contribution in [0.25, 0.3) is 0 Å². The average molecular weight is 313 g/mol. The Bertz CT molecular complexity index is 446. The number of carboxylic acid groups (broad SMARTS) is 1. The highest BCUT2D eigenvalue weighted by Crippen LogP contribution is 2.22. The number of carboxylic acids is 1. The van der Waals surface area contributed by atoms with Gasteiger partial charge in [0.25, 0.3) is 5.91 Å². The van der Waals surface area contributed by atoms with Crippen molar-refractivity contribution in [1.29, 1.82) is 0 Å². The Hall–Kier alpha value is -1.14. The summed E-state index contributed by atoms with van der Waals surface area (Å²) in [6.45, 7) is 4.72. The molecule has 0 aliphatic heterocycles. The maximum Gasteiger partial charge on any atom is 0.313 e. The van der Waals surface area contributed by atoms with E-state index in [-0.39, 0.29) is 11.7 Å². The van der Waals surface area contributed by atoms with Gasteiger partial charge in [0.1, 0.15) is 0 Å². The van der Waals surface area contributed by atoms with Crippen molar-refractivity contribution in [2.45, 2.75) is 24.0 Å². The number of aliphatic carboxylic acids is 1. The number of rotatable bonds is 8. The van der Waals surface area contributed by atoms with Crippen LogP contribution in [0.3, 0.4) is 0 Å². The van der Waals surface area contributed by atoms with Gasteiger partial charge in [-0.05, 0) is 24.3 Å². The van der Waals surface area contributed by atoms with Gasteiger partial charge >= 0.3 is 5.97 Å². The lowest BCUT2D eigenvalue weighted by Gasteiger charge is -2.07. The Balaban J connectivity index is 2.34. The van der Waals surface area contributed by atoms with Crippen LogP contribution in [-0.4, -0.2) is 40.3 Å². The Morgan fingerprint density at radius 3 is 2.45 bits per heavy atom. The van der Waals surface area contributed by atoms with Crippen LogP contribution < -0.4 is 5.32 Å². The molecule has 1 aromatic carbocycles. The molecule has 0 aliphatic carbocycles. The number of thioether (sulfide) groups is 2. The molecular formula is C14H19NO3S2. The van der Waals surface area contributed by atoms with E-state index in [4.69, 9.17) is 5.11 Å². The van der Waals surface area contributed by atoms with Crippen LogP contribution in [-0.2, 0) is 4.79 Å². The SMILES string of the molecule is CC(C)Sc1ccc(C(=O)NCCSCC(=O)O)cc1. The zero-order valence-corrected chi connectivity index (χ0v) is 13.2. The molecule has 2 N–H and O–H groups in total. The van der Waals surface area contributed by atoms with Crippen LogP contribution in [0, 0.1) is 0 Å². The van der Waals surface area contributed by atoms with E-state index in [0.29, 0.717) is 23.1 Å². The van der Waals surface area contributed by atoms with Crippen molar-refractivity contribution in [3.63, 3.8) is 0 Å². The smallest absolute Gasteiger partial charge is 0.313 e. The Kier molecular flexibility index (Phi) is 7.54. The molecule has 0 saturated heterocycles. The maximum atomic E-state index is 11.8. The van der Waals surface area contributed by atoms with Gasteiger partial charge in [-0.2, -0.15) is 0 Å². The summed E-state index contributed by atoms with van der Waals surface area (Å²) < 4.78 is 0. The third-order valence-corrected chi connectivity index (χ3v) is 4.21. The van der Waals surface area contributed by atoms with Gasteiger partial charge in [0.2, 0.25) is 0 Å². The highest BCUT2D eigenvalue weighted by atomic mass is 32.2. The summed E-state index contributed by atoms with van der Waals surface area (Å²) in [7, 11) is 0. The molecule has 0 unspecified atom stereocenters. The van der Waals surface area contributed by atoms with Crippen molar-refractivity contribution in [3.8, 4) is 0 Å². The van der Waals surface area contributed by atoms with Gasteiger partial charge in [-0.25, -0.2) is 0 Å². The molecule has 6 heteroatoms. The molecule has 1 amide bonds. The van der Waals surface area contributed by atoms with Crippen LogP contribution in [0.1, 0.15) is 24.2 Å². The third kappa shape index (κ3) is 6.86. The summed E-state index contributed by atoms with van der Waals surface area (Å²) in [5, 5.41) is 11.8. The Morgan fingerprint density at radius 2 is 1.90 bits per heavy atom. The van der Waals surface area contributed by atoms with E-state index in [9.17, 15) is 9.59 Å². The molecule has 0 atom stereocenters. The Morgan fingerprint density at radius 1 is 1.25 bits per heavy atom. The summed E-state index contributed by atoms with van der Waals surface area (Å²) in [6, 6.07) is 7.51. The van der Waals surface area contributed by atoms with E-state index < -0.39 is 5.97 Å². The minimum absolute atomic E-state index is 0.0665. The molecule has 0 spiro atoms. The van der Waals surface area contributed by atoms with Gasteiger partial charge < -0.3 is 10.4 Å². The molecule has 0 heterocycles. The summed E-state index contributed by atoms with van der Waals surface area (Å²) in [5.41, 5.74) is 0.626. The second kappa shape index (κ2) is 8.92. The fourth-order valence-corrected chi connectivity index (χ4v) is 2.86. The first kappa shape index (κ1) is 16.9. The molecular weight excluding hydrogens is 294 g/mol. The maximum absolute atomic E-state index is 11.8. The third-order valence-electron chi connectivity index (χ3n) is 2.25.